The number of aliphatic hydroxyl groups excluding tert-OH is 1. The van der Waals surface area contributed by atoms with Gasteiger partial charge >= 0.3 is 0 Å². The number of nitrogens with zero attached hydrogens (tertiary/aromatic N) is 2. The predicted molar refractivity (Wildman–Crippen MR) is 58.2 cm³/mol. The SMILES string of the molecule is CC1CN(C)CCCN1CC(O)CN. The monoisotopic (exact) mass is 201 g/mol. The van der Waals surface area contributed by atoms with Gasteiger partial charge in [-0.25, -0.2) is 0 Å². The summed E-state index contributed by atoms with van der Waals surface area (Å²) in [5.74, 6) is 0. The number of likely N-dealkylation sites (N-methyl/N-ethyl adjacent to an activating group) is 1. The Morgan fingerprint density at radius 3 is 2.86 bits per heavy atom. The van der Waals surface area contributed by atoms with Crippen LogP contribution in [0, 0.1) is 0 Å². The van der Waals surface area contributed by atoms with Crippen LogP contribution < -0.4 is 5.73 Å². The van der Waals surface area contributed by atoms with E-state index in [4.69, 9.17) is 5.73 Å². The first-order valence-corrected chi connectivity index (χ1v) is 5.44. The van der Waals surface area contributed by atoms with Crippen molar-refractivity contribution >= 4 is 0 Å². The molecule has 1 saturated heterocycles. The van der Waals surface area contributed by atoms with Gasteiger partial charge in [-0.15, -0.1) is 0 Å². The summed E-state index contributed by atoms with van der Waals surface area (Å²) >= 11 is 0. The highest BCUT2D eigenvalue weighted by Gasteiger charge is 2.20. The van der Waals surface area contributed by atoms with Crippen LogP contribution in [0.3, 0.4) is 0 Å². The molecule has 0 spiro atoms. The largest absolute Gasteiger partial charge is 0.390 e. The van der Waals surface area contributed by atoms with Gasteiger partial charge in [-0.05, 0) is 33.5 Å². The maximum absolute atomic E-state index is 9.51. The molecule has 0 saturated carbocycles. The smallest absolute Gasteiger partial charge is 0.0789 e. The topological polar surface area (TPSA) is 52.7 Å². The Morgan fingerprint density at radius 1 is 1.50 bits per heavy atom. The third-order valence-electron chi connectivity index (χ3n) is 2.90. The van der Waals surface area contributed by atoms with Crippen LogP contribution >= 0.6 is 0 Å². The molecule has 84 valence electrons. The lowest BCUT2D eigenvalue weighted by atomic mass is 10.2. The third-order valence-corrected chi connectivity index (χ3v) is 2.90. The number of nitrogens with two attached hydrogens (primary N) is 1. The van der Waals surface area contributed by atoms with Gasteiger partial charge in [0.1, 0.15) is 0 Å². The second-order valence-corrected chi connectivity index (χ2v) is 4.35. The van der Waals surface area contributed by atoms with E-state index in [2.05, 4.69) is 23.8 Å². The van der Waals surface area contributed by atoms with Crippen LogP contribution in [0.25, 0.3) is 0 Å². The second-order valence-electron chi connectivity index (χ2n) is 4.35. The Kier molecular flexibility index (Phi) is 4.81. The lowest BCUT2D eigenvalue weighted by Gasteiger charge is -2.29. The third kappa shape index (κ3) is 3.53. The fourth-order valence-corrected chi connectivity index (χ4v) is 2.04. The first kappa shape index (κ1) is 11.9. The van der Waals surface area contributed by atoms with Crippen LogP contribution in [0.4, 0.5) is 0 Å². The first-order valence-electron chi connectivity index (χ1n) is 5.44. The van der Waals surface area contributed by atoms with Gasteiger partial charge in [0, 0.05) is 25.7 Å². The minimum Gasteiger partial charge on any atom is -0.390 e. The molecule has 2 unspecified atom stereocenters. The molecule has 4 heteroatoms. The quantitative estimate of drug-likeness (QED) is 0.636. The molecule has 14 heavy (non-hydrogen) atoms. The maximum Gasteiger partial charge on any atom is 0.0789 e. The Bertz CT molecular complexity index is 165. The summed E-state index contributed by atoms with van der Waals surface area (Å²) < 4.78 is 0. The molecule has 1 rings (SSSR count). The molecule has 0 aromatic carbocycles. The molecule has 1 heterocycles. The summed E-state index contributed by atoms with van der Waals surface area (Å²) in [6, 6.07) is 0.517. The van der Waals surface area contributed by atoms with Crippen molar-refractivity contribution < 1.29 is 5.11 Å². The van der Waals surface area contributed by atoms with E-state index in [1.807, 2.05) is 0 Å². The summed E-state index contributed by atoms with van der Waals surface area (Å²) in [5.41, 5.74) is 5.41. The van der Waals surface area contributed by atoms with Gasteiger partial charge in [-0.1, -0.05) is 0 Å². The van der Waals surface area contributed by atoms with Crippen molar-refractivity contribution in [1.82, 2.24) is 9.80 Å². The molecule has 1 aliphatic heterocycles. The lowest BCUT2D eigenvalue weighted by molar-refractivity contribution is 0.0971. The van der Waals surface area contributed by atoms with Crippen LogP contribution in [-0.4, -0.2) is 66.8 Å². The standard InChI is InChI=1S/C10H23N3O/c1-9-7-12(2)4-3-5-13(9)8-10(14)6-11/h9-10,14H,3-8,11H2,1-2H3. The van der Waals surface area contributed by atoms with E-state index in [-0.39, 0.29) is 6.10 Å². The number of aliphatic hydroxyl groups is 1. The summed E-state index contributed by atoms with van der Waals surface area (Å²) in [6.07, 6.45) is 0.804. The summed E-state index contributed by atoms with van der Waals surface area (Å²) in [5, 5.41) is 9.51. The molecule has 4 nitrogen and oxygen atoms in total. The molecule has 0 radical (unpaired) electrons. The molecule has 0 aromatic rings. The highest BCUT2D eigenvalue weighted by Crippen LogP contribution is 2.08. The van der Waals surface area contributed by atoms with Gasteiger partial charge in [-0.2, -0.15) is 0 Å². The molecule has 1 fully saturated rings. The van der Waals surface area contributed by atoms with E-state index in [0.29, 0.717) is 19.1 Å². The van der Waals surface area contributed by atoms with Crippen LogP contribution in [0.15, 0.2) is 0 Å². The highest BCUT2D eigenvalue weighted by atomic mass is 16.3. The Morgan fingerprint density at radius 2 is 2.21 bits per heavy atom. The van der Waals surface area contributed by atoms with E-state index in [1.165, 1.54) is 6.42 Å². The van der Waals surface area contributed by atoms with E-state index in [0.717, 1.165) is 19.6 Å². The van der Waals surface area contributed by atoms with Crippen molar-refractivity contribution in [3.8, 4) is 0 Å². The fourth-order valence-electron chi connectivity index (χ4n) is 2.04. The Hall–Kier alpha value is -0.160. The predicted octanol–water partition coefficient (Wildman–Crippen LogP) is -0.668. The number of rotatable bonds is 3. The molecule has 0 bridgehead atoms. The van der Waals surface area contributed by atoms with E-state index in [1.54, 1.807) is 0 Å². The second kappa shape index (κ2) is 5.66. The van der Waals surface area contributed by atoms with Gasteiger partial charge in [0.05, 0.1) is 6.10 Å². The zero-order chi connectivity index (χ0) is 10.6. The summed E-state index contributed by atoms with van der Waals surface area (Å²) in [6.45, 7) is 6.59. The summed E-state index contributed by atoms with van der Waals surface area (Å²) in [7, 11) is 2.15. The fraction of sp³-hybridized carbons (Fsp3) is 1.00. The highest BCUT2D eigenvalue weighted by molar-refractivity contribution is 4.77. The van der Waals surface area contributed by atoms with Gasteiger partial charge in [0.2, 0.25) is 0 Å². The molecule has 3 N–H and O–H groups in total. The first-order chi connectivity index (χ1) is 6.63. The zero-order valence-electron chi connectivity index (χ0n) is 9.32. The van der Waals surface area contributed by atoms with E-state index >= 15 is 0 Å². The molecule has 0 aromatic heterocycles. The normalized spacial score (nSPS) is 28.7. The average Bonchev–Trinajstić information content (AvgIpc) is 2.29. The molecule has 0 amide bonds. The van der Waals surface area contributed by atoms with Crippen molar-refractivity contribution in [3.63, 3.8) is 0 Å². The Balaban J connectivity index is 2.42. The van der Waals surface area contributed by atoms with Crippen molar-refractivity contribution in [1.29, 1.82) is 0 Å². The number of hydrogen-bond donors (Lipinski definition) is 2. The lowest BCUT2D eigenvalue weighted by Crippen LogP contribution is -2.43. The minimum atomic E-state index is -0.374. The maximum atomic E-state index is 9.51. The number of β-amino-alcohol motifs (C(OH)–C–C–N with tert-alkyl or cyclic N) is 1. The molecule has 1 aliphatic rings. The van der Waals surface area contributed by atoms with Crippen molar-refractivity contribution in [3.05, 3.63) is 0 Å². The van der Waals surface area contributed by atoms with Gasteiger partial charge in [0.15, 0.2) is 0 Å². The molecule has 2 atom stereocenters. The van der Waals surface area contributed by atoms with Crippen molar-refractivity contribution in [2.45, 2.75) is 25.5 Å². The molecular weight excluding hydrogens is 178 g/mol. The van der Waals surface area contributed by atoms with Crippen LogP contribution in [0.1, 0.15) is 13.3 Å². The average molecular weight is 201 g/mol. The molecular formula is C10H23N3O. The van der Waals surface area contributed by atoms with Gasteiger partial charge < -0.3 is 15.7 Å². The van der Waals surface area contributed by atoms with Gasteiger partial charge in [0.25, 0.3) is 0 Å². The zero-order valence-corrected chi connectivity index (χ0v) is 9.32. The Labute approximate surface area is 86.7 Å². The molecule has 0 aliphatic carbocycles. The van der Waals surface area contributed by atoms with Crippen LogP contribution in [-0.2, 0) is 0 Å². The van der Waals surface area contributed by atoms with E-state index < -0.39 is 0 Å². The van der Waals surface area contributed by atoms with Crippen molar-refractivity contribution in [2.24, 2.45) is 5.73 Å². The minimum absolute atomic E-state index is 0.360. The van der Waals surface area contributed by atoms with Crippen LogP contribution in [0.2, 0.25) is 0 Å². The van der Waals surface area contributed by atoms with E-state index in [9.17, 15) is 5.11 Å². The van der Waals surface area contributed by atoms with Crippen molar-refractivity contribution in [2.75, 3.05) is 39.8 Å². The summed E-state index contributed by atoms with van der Waals surface area (Å²) in [4.78, 5) is 4.68. The van der Waals surface area contributed by atoms with Gasteiger partial charge in [-0.3, -0.25) is 4.90 Å². The van der Waals surface area contributed by atoms with Crippen LogP contribution in [0.5, 0.6) is 0 Å². The number of hydrogen-bond acceptors (Lipinski definition) is 4.